The molecule has 3 heteroatoms. The molecule has 1 aliphatic heterocycles. The van der Waals surface area contributed by atoms with Crippen LogP contribution in [0.4, 0.5) is 0 Å². The van der Waals surface area contributed by atoms with E-state index in [4.69, 9.17) is 0 Å². The molecule has 3 rings (SSSR count). The number of benzene rings is 1. The minimum atomic E-state index is 0.0226. The Morgan fingerprint density at radius 2 is 2.06 bits per heavy atom. The molecule has 1 saturated heterocycles. The molecule has 0 spiro atoms. The molecule has 2 N–H and O–H groups in total. The molecule has 3 nitrogen and oxygen atoms in total. The largest absolute Gasteiger partial charge is 0.303 e. The number of carbonyl (C=O) groups excluding carboxylic acids is 1. The molecule has 0 radical (unpaired) electrons. The molecule has 17 heavy (non-hydrogen) atoms. The van der Waals surface area contributed by atoms with Crippen molar-refractivity contribution >= 4 is 6.29 Å². The summed E-state index contributed by atoms with van der Waals surface area (Å²) in [6.45, 7) is 2.04. The van der Waals surface area contributed by atoms with Gasteiger partial charge in [0, 0.05) is 6.04 Å². The lowest BCUT2D eigenvalue weighted by Gasteiger charge is -2.16. The predicted octanol–water partition coefficient (Wildman–Crippen LogP) is 1.53. The maximum atomic E-state index is 11.2. The van der Waals surface area contributed by atoms with Gasteiger partial charge in [0.25, 0.3) is 0 Å². The molecule has 3 unspecified atom stereocenters. The summed E-state index contributed by atoms with van der Waals surface area (Å²) < 4.78 is 0. The average molecular weight is 230 g/mol. The second-order valence-electron chi connectivity index (χ2n) is 5.15. The Morgan fingerprint density at radius 3 is 2.88 bits per heavy atom. The van der Waals surface area contributed by atoms with Crippen molar-refractivity contribution < 1.29 is 4.79 Å². The number of aryl methyl sites for hydroxylation is 2. The third kappa shape index (κ3) is 1.79. The lowest BCUT2D eigenvalue weighted by Crippen LogP contribution is -2.29. The van der Waals surface area contributed by atoms with Gasteiger partial charge in [-0.1, -0.05) is 18.2 Å². The highest BCUT2D eigenvalue weighted by Crippen LogP contribution is 2.31. The molecule has 90 valence electrons. The Bertz CT molecular complexity index is 444. The highest BCUT2D eigenvalue weighted by atomic mass is 16.1. The summed E-state index contributed by atoms with van der Waals surface area (Å²) in [4.78, 5) is 11.2. The minimum absolute atomic E-state index is 0.0226. The number of fused-ring (bicyclic) bond motifs is 1. The van der Waals surface area contributed by atoms with E-state index in [1.54, 1.807) is 0 Å². The van der Waals surface area contributed by atoms with Gasteiger partial charge in [0.1, 0.15) is 6.29 Å². The van der Waals surface area contributed by atoms with Gasteiger partial charge >= 0.3 is 0 Å². The number of hydrogen-bond donors (Lipinski definition) is 2. The van der Waals surface area contributed by atoms with Crippen molar-refractivity contribution in [2.75, 3.05) is 0 Å². The van der Waals surface area contributed by atoms with E-state index in [9.17, 15) is 4.79 Å². The monoisotopic (exact) mass is 230 g/mol. The van der Waals surface area contributed by atoms with Gasteiger partial charge in [0.2, 0.25) is 0 Å². The summed E-state index contributed by atoms with van der Waals surface area (Å²) in [5.41, 5.74) is 10.6. The summed E-state index contributed by atoms with van der Waals surface area (Å²) in [7, 11) is 0. The first-order chi connectivity index (χ1) is 8.29. The molecule has 0 amide bonds. The van der Waals surface area contributed by atoms with Crippen LogP contribution in [0.1, 0.15) is 36.1 Å². The second-order valence-corrected chi connectivity index (χ2v) is 5.15. The van der Waals surface area contributed by atoms with Gasteiger partial charge in [-0.2, -0.15) is 0 Å². The van der Waals surface area contributed by atoms with Gasteiger partial charge in [-0.25, -0.2) is 5.43 Å². The molecule has 0 aromatic heterocycles. The van der Waals surface area contributed by atoms with Crippen LogP contribution in [0.15, 0.2) is 18.2 Å². The number of aldehydes is 1. The van der Waals surface area contributed by atoms with Crippen LogP contribution in [0, 0.1) is 5.92 Å². The van der Waals surface area contributed by atoms with Crippen molar-refractivity contribution in [2.24, 2.45) is 5.92 Å². The van der Waals surface area contributed by atoms with Crippen LogP contribution >= 0.6 is 0 Å². The molecule has 1 fully saturated rings. The molecule has 1 heterocycles. The van der Waals surface area contributed by atoms with Crippen molar-refractivity contribution in [2.45, 2.75) is 38.3 Å². The van der Waals surface area contributed by atoms with Crippen molar-refractivity contribution in [1.29, 1.82) is 0 Å². The van der Waals surface area contributed by atoms with Crippen LogP contribution in [0.2, 0.25) is 0 Å². The van der Waals surface area contributed by atoms with Crippen molar-refractivity contribution in [3.8, 4) is 0 Å². The molecule has 0 saturated carbocycles. The van der Waals surface area contributed by atoms with Gasteiger partial charge in [0.15, 0.2) is 0 Å². The van der Waals surface area contributed by atoms with Crippen LogP contribution in [0.5, 0.6) is 0 Å². The first-order valence-corrected chi connectivity index (χ1v) is 6.37. The van der Waals surface area contributed by atoms with E-state index in [1.165, 1.54) is 36.0 Å². The fourth-order valence-electron chi connectivity index (χ4n) is 2.99. The SMILES string of the molecule is CC1NNC(c2ccc3c(c2)CCC3)C1C=O. The van der Waals surface area contributed by atoms with E-state index in [0.717, 1.165) is 6.29 Å². The Kier molecular flexibility index (Phi) is 2.73. The van der Waals surface area contributed by atoms with E-state index in [2.05, 4.69) is 29.1 Å². The maximum absolute atomic E-state index is 11.2. The summed E-state index contributed by atoms with van der Waals surface area (Å²) in [5, 5.41) is 0. The summed E-state index contributed by atoms with van der Waals surface area (Å²) in [6.07, 6.45) is 4.72. The number of hydrazine groups is 1. The topological polar surface area (TPSA) is 41.1 Å². The maximum Gasteiger partial charge on any atom is 0.126 e. The third-order valence-corrected chi connectivity index (χ3v) is 4.07. The molecule has 2 aliphatic rings. The summed E-state index contributed by atoms with van der Waals surface area (Å²) in [6, 6.07) is 6.98. The Labute approximate surface area is 102 Å². The Morgan fingerprint density at radius 1 is 1.24 bits per heavy atom. The van der Waals surface area contributed by atoms with Crippen LogP contribution < -0.4 is 10.9 Å². The van der Waals surface area contributed by atoms with Crippen molar-refractivity contribution in [3.63, 3.8) is 0 Å². The number of rotatable bonds is 2. The lowest BCUT2D eigenvalue weighted by atomic mass is 9.90. The molecule has 0 bridgehead atoms. The zero-order valence-electron chi connectivity index (χ0n) is 10.1. The van der Waals surface area contributed by atoms with Crippen LogP contribution in [-0.2, 0) is 17.6 Å². The Hall–Kier alpha value is -1.19. The van der Waals surface area contributed by atoms with Crippen LogP contribution in [-0.4, -0.2) is 12.3 Å². The number of nitrogens with one attached hydrogen (secondary N) is 2. The molecular weight excluding hydrogens is 212 g/mol. The zero-order chi connectivity index (χ0) is 11.8. The standard InChI is InChI=1S/C14H18N2O/c1-9-13(8-17)14(16-15-9)12-6-5-10-3-2-4-11(10)7-12/h5-9,13-16H,2-4H2,1H3. The van der Waals surface area contributed by atoms with Crippen LogP contribution in [0.25, 0.3) is 0 Å². The number of carbonyl (C=O) groups is 1. The molecular formula is C14H18N2O. The normalized spacial score (nSPS) is 31.5. The Balaban J connectivity index is 1.91. The highest BCUT2D eigenvalue weighted by Gasteiger charge is 2.34. The van der Waals surface area contributed by atoms with Crippen LogP contribution in [0.3, 0.4) is 0 Å². The second kappa shape index (κ2) is 4.24. The fraction of sp³-hybridized carbons (Fsp3) is 0.500. The van der Waals surface area contributed by atoms with Gasteiger partial charge in [-0.15, -0.1) is 0 Å². The molecule has 1 aromatic carbocycles. The third-order valence-electron chi connectivity index (χ3n) is 4.07. The number of hydrogen-bond acceptors (Lipinski definition) is 3. The van der Waals surface area contributed by atoms with E-state index in [-0.39, 0.29) is 18.0 Å². The first kappa shape index (κ1) is 10.9. The van der Waals surface area contributed by atoms with Crippen molar-refractivity contribution in [1.82, 2.24) is 10.9 Å². The zero-order valence-corrected chi connectivity index (χ0v) is 10.1. The average Bonchev–Trinajstić information content (AvgIpc) is 2.93. The molecule has 1 aromatic rings. The van der Waals surface area contributed by atoms with E-state index >= 15 is 0 Å². The van der Waals surface area contributed by atoms with Gasteiger partial charge in [-0.05, 0) is 42.9 Å². The van der Waals surface area contributed by atoms with E-state index in [1.807, 2.05) is 6.92 Å². The van der Waals surface area contributed by atoms with Gasteiger partial charge in [-0.3, -0.25) is 5.43 Å². The van der Waals surface area contributed by atoms with Gasteiger partial charge in [0.05, 0.1) is 12.0 Å². The summed E-state index contributed by atoms with van der Waals surface area (Å²) >= 11 is 0. The molecule has 3 atom stereocenters. The molecule has 1 aliphatic carbocycles. The first-order valence-electron chi connectivity index (χ1n) is 6.37. The van der Waals surface area contributed by atoms with E-state index < -0.39 is 0 Å². The quantitative estimate of drug-likeness (QED) is 0.757. The highest BCUT2D eigenvalue weighted by molar-refractivity contribution is 5.58. The van der Waals surface area contributed by atoms with Crippen molar-refractivity contribution in [3.05, 3.63) is 34.9 Å². The predicted molar refractivity (Wildman–Crippen MR) is 66.5 cm³/mol. The van der Waals surface area contributed by atoms with E-state index in [0.29, 0.717) is 0 Å². The smallest absolute Gasteiger partial charge is 0.126 e. The summed E-state index contributed by atoms with van der Waals surface area (Å²) in [5.74, 6) is 0.0226. The lowest BCUT2D eigenvalue weighted by molar-refractivity contribution is -0.111. The minimum Gasteiger partial charge on any atom is -0.303 e. The van der Waals surface area contributed by atoms with Gasteiger partial charge < -0.3 is 4.79 Å². The fourth-order valence-corrected chi connectivity index (χ4v) is 2.99.